The molecular weight excluding hydrogens is 238 g/mol. The van der Waals surface area contributed by atoms with Crippen molar-refractivity contribution in [3.8, 4) is 0 Å². The summed E-state index contributed by atoms with van der Waals surface area (Å²) >= 11 is 5.84. The maximum atomic E-state index is 11.6. The molecule has 92 valence electrons. The number of benzene rings is 1. The van der Waals surface area contributed by atoms with Gasteiger partial charge in [-0.3, -0.25) is 4.79 Å². The third-order valence-electron chi connectivity index (χ3n) is 3.18. The topological polar surface area (TPSA) is 49.3 Å². The number of hydrogen-bond acceptors (Lipinski definition) is 2. The van der Waals surface area contributed by atoms with Crippen LogP contribution in [0, 0.1) is 5.92 Å². The molecule has 1 aliphatic carbocycles. The lowest BCUT2D eigenvalue weighted by atomic mass is 9.85. The zero-order valence-corrected chi connectivity index (χ0v) is 10.3. The van der Waals surface area contributed by atoms with Crippen molar-refractivity contribution in [1.82, 2.24) is 5.32 Å². The molecule has 1 aromatic carbocycles. The summed E-state index contributed by atoms with van der Waals surface area (Å²) in [6.45, 7) is 0.246. The zero-order chi connectivity index (χ0) is 12.3. The summed E-state index contributed by atoms with van der Waals surface area (Å²) in [6, 6.07) is 7.05. The van der Waals surface area contributed by atoms with Crippen LogP contribution in [0.5, 0.6) is 0 Å². The molecule has 2 N–H and O–H groups in total. The van der Waals surface area contributed by atoms with E-state index in [0.29, 0.717) is 5.02 Å². The van der Waals surface area contributed by atoms with Crippen molar-refractivity contribution in [3.05, 3.63) is 34.9 Å². The number of hydrogen-bond donors (Lipinski definition) is 2. The maximum absolute atomic E-state index is 11.6. The second kappa shape index (κ2) is 5.52. The maximum Gasteiger partial charge on any atom is 0.223 e. The van der Waals surface area contributed by atoms with Gasteiger partial charge in [-0.15, -0.1) is 0 Å². The number of carbonyl (C=O) groups excluding carboxylic acids is 1. The van der Waals surface area contributed by atoms with Gasteiger partial charge in [-0.2, -0.15) is 0 Å². The highest BCUT2D eigenvalue weighted by Crippen LogP contribution is 2.26. The molecule has 0 heterocycles. The van der Waals surface area contributed by atoms with Gasteiger partial charge in [0, 0.05) is 17.5 Å². The fraction of sp³-hybridized carbons (Fsp3) is 0.462. The SMILES string of the molecule is O=C(NCC(O)c1cccc(Cl)c1)C1CCC1. The standard InChI is InChI=1S/C13H16ClNO2/c14-11-6-2-5-10(7-11)12(16)8-15-13(17)9-3-1-4-9/h2,5-7,9,12,16H,1,3-4,8H2,(H,15,17). The lowest BCUT2D eigenvalue weighted by Gasteiger charge is -2.24. The first-order chi connectivity index (χ1) is 8.16. The van der Waals surface area contributed by atoms with Crippen LogP contribution in [-0.2, 0) is 4.79 Å². The number of halogens is 1. The minimum atomic E-state index is -0.697. The highest BCUT2D eigenvalue weighted by atomic mass is 35.5. The fourth-order valence-electron chi connectivity index (χ4n) is 1.84. The van der Waals surface area contributed by atoms with E-state index in [4.69, 9.17) is 11.6 Å². The van der Waals surface area contributed by atoms with E-state index >= 15 is 0 Å². The molecule has 1 atom stereocenters. The van der Waals surface area contributed by atoms with E-state index in [1.807, 2.05) is 0 Å². The van der Waals surface area contributed by atoms with E-state index in [0.717, 1.165) is 24.8 Å². The highest BCUT2D eigenvalue weighted by Gasteiger charge is 2.25. The van der Waals surface area contributed by atoms with Gasteiger partial charge in [-0.25, -0.2) is 0 Å². The average Bonchev–Trinajstić information content (AvgIpc) is 2.23. The van der Waals surface area contributed by atoms with Gasteiger partial charge in [0.15, 0.2) is 0 Å². The zero-order valence-electron chi connectivity index (χ0n) is 9.53. The minimum Gasteiger partial charge on any atom is -0.387 e. The molecule has 0 radical (unpaired) electrons. The van der Waals surface area contributed by atoms with Crippen molar-refractivity contribution >= 4 is 17.5 Å². The molecule has 1 fully saturated rings. The van der Waals surface area contributed by atoms with Crippen molar-refractivity contribution in [1.29, 1.82) is 0 Å². The predicted molar refractivity (Wildman–Crippen MR) is 66.8 cm³/mol. The number of aliphatic hydroxyl groups excluding tert-OH is 1. The number of amides is 1. The summed E-state index contributed by atoms with van der Waals surface area (Å²) in [5.41, 5.74) is 0.728. The van der Waals surface area contributed by atoms with Crippen LogP contribution in [0.2, 0.25) is 5.02 Å². The molecular formula is C13H16ClNO2. The molecule has 0 bridgehead atoms. The smallest absolute Gasteiger partial charge is 0.223 e. The van der Waals surface area contributed by atoms with Crippen LogP contribution in [0.15, 0.2) is 24.3 Å². The van der Waals surface area contributed by atoms with Crippen LogP contribution in [0.25, 0.3) is 0 Å². The van der Waals surface area contributed by atoms with Gasteiger partial charge in [0.2, 0.25) is 5.91 Å². The summed E-state index contributed by atoms with van der Waals surface area (Å²) in [6.07, 6.45) is 2.38. The lowest BCUT2D eigenvalue weighted by Crippen LogP contribution is -2.36. The Kier molecular flexibility index (Phi) is 4.02. The number of nitrogens with one attached hydrogen (secondary N) is 1. The van der Waals surface area contributed by atoms with Gasteiger partial charge in [0.25, 0.3) is 0 Å². The van der Waals surface area contributed by atoms with E-state index < -0.39 is 6.10 Å². The molecule has 1 saturated carbocycles. The van der Waals surface area contributed by atoms with Crippen molar-refractivity contribution in [2.75, 3.05) is 6.54 Å². The van der Waals surface area contributed by atoms with Gasteiger partial charge >= 0.3 is 0 Å². The van der Waals surface area contributed by atoms with E-state index in [9.17, 15) is 9.90 Å². The second-order valence-corrected chi connectivity index (χ2v) is 4.88. The highest BCUT2D eigenvalue weighted by molar-refractivity contribution is 6.30. The monoisotopic (exact) mass is 253 g/mol. The van der Waals surface area contributed by atoms with Crippen molar-refractivity contribution in [2.45, 2.75) is 25.4 Å². The lowest BCUT2D eigenvalue weighted by molar-refractivity contribution is -0.127. The molecule has 17 heavy (non-hydrogen) atoms. The molecule has 0 aromatic heterocycles. The largest absolute Gasteiger partial charge is 0.387 e. The number of aliphatic hydroxyl groups is 1. The first-order valence-electron chi connectivity index (χ1n) is 5.88. The van der Waals surface area contributed by atoms with Crippen LogP contribution in [0.1, 0.15) is 30.9 Å². The first kappa shape index (κ1) is 12.4. The van der Waals surface area contributed by atoms with Crippen LogP contribution in [-0.4, -0.2) is 17.6 Å². The Hall–Kier alpha value is -1.06. The number of carbonyl (C=O) groups is 1. The van der Waals surface area contributed by atoms with E-state index in [1.54, 1.807) is 24.3 Å². The molecule has 1 aliphatic rings. The molecule has 1 unspecified atom stereocenters. The average molecular weight is 254 g/mol. The summed E-state index contributed by atoms with van der Waals surface area (Å²) in [7, 11) is 0. The molecule has 2 rings (SSSR count). The van der Waals surface area contributed by atoms with Gasteiger partial charge in [-0.1, -0.05) is 30.2 Å². The Bertz CT molecular complexity index is 404. The Morgan fingerprint density at radius 3 is 2.88 bits per heavy atom. The molecule has 0 spiro atoms. The Morgan fingerprint density at radius 1 is 1.53 bits per heavy atom. The molecule has 0 aliphatic heterocycles. The summed E-state index contributed by atoms with van der Waals surface area (Å²) in [4.78, 5) is 11.6. The second-order valence-electron chi connectivity index (χ2n) is 4.44. The Balaban J connectivity index is 1.84. The van der Waals surface area contributed by atoms with Crippen LogP contribution in [0.4, 0.5) is 0 Å². The Labute approximate surface area is 106 Å². The fourth-order valence-corrected chi connectivity index (χ4v) is 2.04. The van der Waals surface area contributed by atoms with Gasteiger partial charge in [-0.05, 0) is 30.5 Å². The summed E-state index contributed by atoms with van der Waals surface area (Å²) in [5, 5.41) is 13.3. The minimum absolute atomic E-state index is 0.0531. The quantitative estimate of drug-likeness (QED) is 0.865. The molecule has 0 saturated heterocycles. The first-order valence-corrected chi connectivity index (χ1v) is 6.26. The van der Waals surface area contributed by atoms with E-state index in [-0.39, 0.29) is 18.4 Å². The molecule has 1 aromatic rings. The van der Waals surface area contributed by atoms with Crippen LogP contribution in [0.3, 0.4) is 0 Å². The predicted octanol–water partition coefficient (Wildman–Crippen LogP) is 2.29. The molecule has 1 amide bonds. The van der Waals surface area contributed by atoms with Crippen molar-refractivity contribution < 1.29 is 9.90 Å². The third kappa shape index (κ3) is 3.20. The summed E-state index contributed by atoms with van der Waals surface area (Å²) in [5.74, 6) is 0.207. The van der Waals surface area contributed by atoms with Gasteiger partial charge < -0.3 is 10.4 Å². The Morgan fingerprint density at radius 2 is 2.29 bits per heavy atom. The molecule has 4 heteroatoms. The van der Waals surface area contributed by atoms with E-state index in [2.05, 4.69) is 5.32 Å². The van der Waals surface area contributed by atoms with Gasteiger partial charge in [0.1, 0.15) is 0 Å². The van der Waals surface area contributed by atoms with E-state index in [1.165, 1.54) is 0 Å². The van der Waals surface area contributed by atoms with Crippen LogP contribution < -0.4 is 5.32 Å². The molecule has 3 nitrogen and oxygen atoms in total. The normalized spacial score (nSPS) is 17.3. The summed E-state index contributed by atoms with van der Waals surface area (Å²) < 4.78 is 0. The van der Waals surface area contributed by atoms with Gasteiger partial charge in [0.05, 0.1) is 6.10 Å². The van der Waals surface area contributed by atoms with Crippen molar-refractivity contribution in [3.63, 3.8) is 0 Å². The number of rotatable bonds is 4. The third-order valence-corrected chi connectivity index (χ3v) is 3.41. The van der Waals surface area contributed by atoms with Crippen molar-refractivity contribution in [2.24, 2.45) is 5.92 Å². The van der Waals surface area contributed by atoms with Crippen LogP contribution >= 0.6 is 11.6 Å².